The van der Waals surface area contributed by atoms with Gasteiger partial charge in [-0.3, -0.25) is 14.5 Å². The van der Waals surface area contributed by atoms with Gasteiger partial charge >= 0.3 is 0 Å². The van der Waals surface area contributed by atoms with E-state index in [9.17, 15) is 9.59 Å². The van der Waals surface area contributed by atoms with Crippen molar-refractivity contribution in [2.24, 2.45) is 0 Å². The summed E-state index contributed by atoms with van der Waals surface area (Å²) in [5, 5.41) is 11.7. The SMILES string of the molecule is COc1cccc([C@@H](C(=O)NC2CCCC2)N(C(=O)Cn2nnc3ccccc32)c2cc(C)cc(C)c2)c1OC. The van der Waals surface area contributed by atoms with Gasteiger partial charge < -0.3 is 14.8 Å². The van der Waals surface area contributed by atoms with Gasteiger partial charge in [0.15, 0.2) is 11.5 Å². The first-order valence-electron chi connectivity index (χ1n) is 13.6. The molecule has 9 nitrogen and oxygen atoms in total. The Bertz CT molecular complexity index is 1510. The van der Waals surface area contributed by atoms with Crippen LogP contribution in [-0.4, -0.2) is 47.1 Å². The van der Waals surface area contributed by atoms with E-state index in [2.05, 4.69) is 15.6 Å². The summed E-state index contributed by atoms with van der Waals surface area (Å²) in [7, 11) is 3.09. The van der Waals surface area contributed by atoms with Crippen LogP contribution < -0.4 is 19.7 Å². The highest BCUT2D eigenvalue weighted by Crippen LogP contribution is 2.40. The molecule has 9 heteroatoms. The quantitative estimate of drug-likeness (QED) is 0.324. The Morgan fingerprint density at radius 2 is 1.73 bits per heavy atom. The number of nitrogens with one attached hydrogen (secondary N) is 1. The Morgan fingerprint density at radius 1 is 1.00 bits per heavy atom. The summed E-state index contributed by atoms with van der Waals surface area (Å²) in [6.45, 7) is 3.85. The van der Waals surface area contributed by atoms with Gasteiger partial charge in [0.25, 0.3) is 0 Å². The van der Waals surface area contributed by atoms with Crippen molar-refractivity contribution >= 4 is 28.5 Å². The van der Waals surface area contributed by atoms with E-state index in [-0.39, 0.29) is 24.4 Å². The van der Waals surface area contributed by atoms with E-state index in [1.165, 1.54) is 7.11 Å². The Labute approximate surface area is 234 Å². The highest BCUT2D eigenvalue weighted by atomic mass is 16.5. The number of fused-ring (bicyclic) bond motifs is 1. The number of carbonyl (C=O) groups is 2. The summed E-state index contributed by atoms with van der Waals surface area (Å²) < 4.78 is 12.9. The zero-order chi connectivity index (χ0) is 28.2. The van der Waals surface area contributed by atoms with Crippen LogP contribution in [0.15, 0.2) is 60.7 Å². The van der Waals surface area contributed by atoms with Crippen molar-refractivity contribution in [2.75, 3.05) is 19.1 Å². The number of carbonyl (C=O) groups excluding carboxylic acids is 2. The minimum absolute atomic E-state index is 0.0575. The van der Waals surface area contributed by atoms with Gasteiger partial charge in [-0.2, -0.15) is 0 Å². The number of amides is 2. The second-order valence-electron chi connectivity index (χ2n) is 10.3. The fourth-order valence-electron chi connectivity index (χ4n) is 5.64. The molecule has 0 bridgehead atoms. The number of benzene rings is 3. The lowest BCUT2D eigenvalue weighted by molar-refractivity contribution is -0.127. The van der Waals surface area contributed by atoms with Crippen LogP contribution in [0.2, 0.25) is 0 Å². The highest BCUT2D eigenvalue weighted by molar-refractivity contribution is 6.02. The third-order valence-electron chi connectivity index (χ3n) is 7.39. The molecule has 1 aliphatic rings. The first-order valence-corrected chi connectivity index (χ1v) is 13.6. The summed E-state index contributed by atoms with van der Waals surface area (Å²) in [4.78, 5) is 30.2. The predicted octanol–water partition coefficient (Wildman–Crippen LogP) is 4.90. The zero-order valence-electron chi connectivity index (χ0n) is 23.4. The van der Waals surface area contributed by atoms with Crippen molar-refractivity contribution in [1.82, 2.24) is 20.3 Å². The van der Waals surface area contributed by atoms with Crippen molar-refractivity contribution in [2.45, 2.75) is 58.2 Å². The third kappa shape index (κ3) is 5.50. The predicted molar refractivity (Wildman–Crippen MR) is 154 cm³/mol. The van der Waals surface area contributed by atoms with E-state index in [4.69, 9.17) is 9.47 Å². The molecule has 0 saturated heterocycles. The van der Waals surface area contributed by atoms with E-state index in [0.29, 0.717) is 28.3 Å². The van der Waals surface area contributed by atoms with Crippen LogP contribution in [0.3, 0.4) is 0 Å². The van der Waals surface area contributed by atoms with Crippen molar-refractivity contribution < 1.29 is 19.1 Å². The number of anilines is 1. The average Bonchev–Trinajstić information content (AvgIpc) is 3.60. The number of hydrogen-bond acceptors (Lipinski definition) is 6. The summed E-state index contributed by atoms with van der Waals surface area (Å²) in [6.07, 6.45) is 3.96. The normalized spacial score (nSPS) is 14.2. The maximum atomic E-state index is 14.4. The molecule has 40 heavy (non-hydrogen) atoms. The lowest BCUT2D eigenvalue weighted by Crippen LogP contribution is -2.47. The van der Waals surface area contributed by atoms with Gasteiger partial charge in [0.2, 0.25) is 11.8 Å². The number of methoxy groups -OCH3 is 2. The first-order chi connectivity index (χ1) is 19.4. The average molecular weight is 542 g/mol. The Hall–Kier alpha value is -4.40. The van der Waals surface area contributed by atoms with Gasteiger partial charge in [-0.25, -0.2) is 4.68 Å². The lowest BCUT2D eigenvalue weighted by atomic mass is 9.99. The number of rotatable bonds is 9. The monoisotopic (exact) mass is 541 g/mol. The van der Waals surface area contributed by atoms with Gasteiger partial charge in [0.05, 0.1) is 19.7 Å². The maximum absolute atomic E-state index is 14.4. The molecule has 3 aromatic carbocycles. The smallest absolute Gasteiger partial charge is 0.249 e. The summed E-state index contributed by atoms with van der Waals surface area (Å²) in [6, 6.07) is 17.8. The van der Waals surface area contributed by atoms with Crippen molar-refractivity contribution in [1.29, 1.82) is 0 Å². The van der Waals surface area contributed by atoms with Crippen molar-refractivity contribution in [3.05, 3.63) is 77.4 Å². The molecule has 1 heterocycles. The molecule has 1 fully saturated rings. The van der Waals surface area contributed by atoms with Gasteiger partial charge in [-0.15, -0.1) is 5.10 Å². The molecule has 4 aromatic rings. The Balaban J connectivity index is 1.66. The molecule has 0 radical (unpaired) electrons. The molecule has 0 spiro atoms. The number of para-hydroxylation sites is 2. The fourth-order valence-corrected chi connectivity index (χ4v) is 5.64. The summed E-state index contributed by atoms with van der Waals surface area (Å²) in [5.74, 6) is 0.310. The number of hydrogen-bond donors (Lipinski definition) is 1. The maximum Gasteiger partial charge on any atom is 0.249 e. The minimum Gasteiger partial charge on any atom is -0.493 e. The van der Waals surface area contributed by atoms with Crippen LogP contribution in [0.1, 0.15) is 48.4 Å². The minimum atomic E-state index is -1.02. The van der Waals surface area contributed by atoms with Crippen LogP contribution in [0.4, 0.5) is 5.69 Å². The standard InChI is InChI=1S/C31H35N5O4/c1-20-16-21(2)18-23(17-20)36(28(37)19-35-26-14-8-7-13-25(26)33-34-35)29(31(38)32-22-10-5-6-11-22)24-12-9-15-27(39-3)30(24)40-4/h7-9,12-18,22,29H,5-6,10-11,19H2,1-4H3,(H,32,38)/t29-/m0/s1. The number of aromatic nitrogens is 3. The summed E-state index contributed by atoms with van der Waals surface area (Å²) >= 11 is 0. The molecule has 1 aliphatic carbocycles. The molecule has 1 aromatic heterocycles. The van der Waals surface area contributed by atoms with Crippen LogP contribution >= 0.6 is 0 Å². The largest absolute Gasteiger partial charge is 0.493 e. The molecular formula is C31H35N5O4. The summed E-state index contributed by atoms with van der Waals surface area (Å²) in [5.41, 5.74) is 4.54. The molecule has 1 saturated carbocycles. The van der Waals surface area contributed by atoms with Gasteiger partial charge in [-0.05, 0) is 68.1 Å². The number of aryl methyl sites for hydroxylation is 2. The van der Waals surface area contributed by atoms with Gasteiger partial charge in [0, 0.05) is 17.3 Å². The number of nitrogens with zero attached hydrogens (tertiary/aromatic N) is 4. The second-order valence-corrected chi connectivity index (χ2v) is 10.3. The molecule has 2 amide bonds. The topological polar surface area (TPSA) is 98.6 Å². The fraction of sp³-hybridized carbons (Fsp3) is 0.355. The van der Waals surface area contributed by atoms with Gasteiger partial charge in [-0.1, -0.05) is 48.4 Å². The Morgan fingerprint density at radius 3 is 2.42 bits per heavy atom. The lowest BCUT2D eigenvalue weighted by Gasteiger charge is -2.33. The van der Waals surface area contributed by atoms with E-state index in [1.807, 2.05) is 68.4 Å². The Kier molecular flexibility index (Phi) is 8.00. The molecule has 5 rings (SSSR count). The second kappa shape index (κ2) is 11.8. The van der Waals surface area contributed by atoms with E-state index in [1.54, 1.807) is 22.8 Å². The van der Waals surface area contributed by atoms with E-state index in [0.717, 1.165) is 42.3 Å². The molecule has 1 atom stereocenters. The van der Waals surface area contributed by atoms with Crippen LogP contribution in [0.25, 0.3) is 11.0 Å². The van der Waals surface area contributed by atoms with Crippen LogP contribution in [-0.2, 0) is 16.1 Å². The van der Waals surface area contributed by atoms with Crippen LogP contribution in [0.5, 0.6) is 11.5 Å². The third-order valence-corrected chi connectivity index (χ3v) is 7.39. The first kappa shape index (κ1) is 27.2. The zero-order valence-corrected chi connectivity index (χ0v) is 23.4. The molecule has 0 aliphatic heterocycles. The molecular weight excluding hydrogens is 506 g/mol. The van der Waals surface area contributed by atoms with Gasteiger partial charge in [0.1, 0.15) is 18.1 Å². The molecule has 0 unspecified atom stereocenters. The van der Waals surface area contributed by atoms with Crippen LogP contribution in [0, 0.1) is 13.8 Å². The van der Waals surface area contributed by atoms with E-state index >= 15 is 0 Å². The number of ether oxygens (including phenoxy) is 2. The van der Waals surface area contributed by atoms with Crippen molar-refractivity contribution in [3.63, 3.8) is 0 Å². The van der Waals surface area contributed by atoms with E-state index < -0.39 is 6.04 Å². The molecule has 208 valence electrons. The highest BCUT2D eigenvalue weighted by Gasteiger charge is 2.37. The van der Waals surface area contributed by atoms with Crippen molar-refractivity contribution in [3.8, 4) is 11.5 Å². The molecule has 1 N–H and O–H groups in total.